The zero-order valence-corrected chi connectivity index (χ0v) is 12.8. The third-order valence-electron chi connectivity index (χ3n) is 3.46. The first-order valence-corrected chi connectivity index (χ1v) is 8.54. The largest absolute Gasteiger partial charge is 0.384 e. The van der Waals surface area contributed by atoms with Crippen LogP contribution in [0, 0.1) is 0 Å². The number of rotatable bonds is 6. The highest BCUT2D eigenvalue weighted by Gasteiger charge is 2.32. The average molecular weight is 312 g/mol. The molecule has 1 aliphatic rings. The predicted molar refractivity (Wildman–Crippen MR) is 80.6 cm³/mol. The minimum Gasteiger partial charge on any atom is -0.384 e. The summed E-state index contributed by atoms with van der Waals surface area (Å²) in [6.45, 7) is 0.815. The number of sulfonamides is 1. The lowest BCUT2D eigenvalue weighted by molar-refractivity contribution is -0.120. The Balaban J connectivity index is 2.05. The Labute approximate surface area is 125 Å². The van der Waals surface area contributed by atoms with Gasteiger partial charge in [0, 0.05) is 19.3 Å². The fourth-order valence-electron chi connectivity index (χ4n) is 2.43. The number of methoxy groups -OCH3 is 1. The topological polar surface area (TPSA) is 75.7 Å². The van der Waals surface area contributed by atoms with Crippen molar-refractivity contribution >= 4 is 21.6 Å². The Morgan fingerprint density at radius 2 is 2.10 bits per heavy atom. The van der Waals surface area contributed by atoms with Crippen molar-refractivity contribution < 1.29 is 17.9 Å². The molecule has 21 heavy (non-hydrogen) atoms. The summed E-state index contributed by atoms with van der Waals surface area (Å²) in [6.07, 6.45) is 1.52. The quantitative estimate of drug-likeness (QED) is 0.839. The van der Waals surface area contributed by atoms with Crippen LogP contribution in [0.4, 0.5) is 5.69 Å². The number of hydrogen-bond donors (Lipinski definition) is 1. The normalized spacial score (nSPS) is 18.7. The van der Waals surface area contributed by atoms with Crippen molar-refractivity contribution in [3.63, 3.8) is 0 Å². The number of carbonyl (C=O) groups is 1. The van der Waals surface area contributed by atoms with Gasteiger partial charge < -0.3 is 9.64 Å². The first kappa shape index (κ1) is 15.8. The second kappa shape index (κ2) is 6.91. The molecule has 0 saturated carbocycles. The molecular weight excluding hydrogens is 292 g/mol. The molecule has 1 heterocycles. The zero-order valence-electron chi connectivity index (χ0n) is 12.0. The number of para-hydroxylation sites is 1. The maximum atomic E-state index is 12.2. The third-order valence-corrected chi connectivity index (χ3v) is 4.67. The predicted octanol–water partition coefficient (Wildman–Crippen LogP) is 0.748. The molecule has 1 aromatic rings. The minimum absolute atomic E-state index is 0.0652. The fraction of sp³-hybridized carbons (Fsp3) is 0.500. The molecule has 1 N–H and O–H groups in total. The van der Waals surface area contributed by atoms with Crippen LogP contribution in [-0.4, -0.2) is 46.4 Å². The Morgan fingerprint density at radius 3 is 2.76 bits per heavy atom. The second-order valence-corrected chi connectivity index (χ2v) is 6.81. The molecule has 2 rings (SSSR count). The highest BCUT2D eigenvalue weighted by molar-refractivity contribution is 7.90. The van der Waals surface area contributed by atoms with Crippen LogP contribution in [0.3, 0.4) is 0 Å². The molecule has 1 aromatic carbocycles. The SMILES string of the molecule is COCCS(=O)(=O)NC(=O)C1CCCN1c1ccccc1. The van der Waals surface area contributed by atoms with Crippen molar-refractivity contribution in [2.24, 2.45) is 0 Å². The van der Waals surface area contributed by atoms with E-state index in [1.54, 1.807) is 0 Å². The first-order chi connectivity index (χ1) is 10.0. The smallest absolute Gasteiger partial charge is 0.256 e. The van der Waals surface area contributed by atoms with Crippen molar-refractivity contribution in [2.75, 3.05) is 30.9 Å². The lowest BCUT2D eigenvalue weighted by Crippen LogP contribution is -2.46. The monoisotopic (exact) mass is 312 g/mol. The van der Waals surface area contributed by atoms with Crippen molar-refractivity contribution in [3.8, 4) is 0 Å². The standard InChI is InChI=1S/C14H20N2O4S/c1-20-10-11-21(18,19)15-14(17)13-8-5-9-16(13)12-6-3-2-4-7-12/h2-4,6-7,13H,5,8-11H2,1H3,(H,15,17). The van der Waals surface area contributed by atoms with Crippen LogP contribution >= 0.6 is 0 Å². The molecule has 1 fully saturated rings. The molecule has 1 saturated heterocycles. The summed E-state index contributed by atoms with van der Waals surface area (Å²) in [7, 11) is -2.22. The van der Waals surface area contributed by atoms with E-state index in [2.05, 4.69) is 4.72 Å². The molecular formula is C14H20N2O4S. The van der Waals surface area contributed by atoms with Crippen LogP contribution in [0.5, 0.6) is 0 Å². The van der Waals surface area contributed by atoms with Crippen molar-refractivity contribution in [3.05, 3.63) is 30.3 Å². The van der Waals surface area contributed by atoms with E-state index in [0.717, 1.165) is 18.7 Å². The van der Waals surface area contributed by atoms with Crippen LogP contribution in [0.1, 0.15) is 12.8 Å². The van der Waals surface area contributed by atoms with Crippen LogP contribution in [0.2, 0.25) is 0 Å². The fourth-order valence-corrected chi connectivity index (χ4v) is 3.36. The molecule has 0 bridgehead atoms. The molecule has 1 atom stereocenters. The molecule has 0 aromatic heterocycles. The minimum atomic E-state index is -3.64. The first-order valence-electron chi connectivity index (χ1n) is 6.88. The maximum absolute atomic E-state index is 12.2. The van der Waals surface area contributed by atoms with Gasteiger partial charge in [-0.25, -0.2) is 8.42 Å². The van der Waals surface area contributed by atoms with Gasteiger partial charge in [0.25, 0.3) is 5.91 Å². The van der Waals surface area contributed by atoms with Gasteiger partial charge in [0.2, 0.25) is 10.0 Å². The van der Waals surface area contributed by atoms with Gasteiger partial charge in [-0.3, -0.25) is 9.52 Å². The summed E-state index contributed by atoms with van der Waals surface area (Å²) in [5.74, 6) is -0.680. The number of anilines is 1. The van der Waals surface area contributed by atoms with E-state index in [4.69, 9.17) is 4.74 Å². The van der Waals surface area contributed by atoms with E-state index in [0.29, 0.717) is 6.42 Å². The summed E-state index contributed by atoms with van der Waals surface area (Å²) in [5.41, 5.74) is 0.935. The number of amides is 1. The van der Waals surface area contributed by atoms with Crippen LogP contribution in [0.15, 0.2) is 30.3 Å². The van der Waals surface area contributed by atoms with E-state index >= 15 is 0 Å². The zero-order chi connectivity index (χ0) is 15.3. The maximum Gasteiger partial charge on any atom is 0.256 e. The molecule has 0 radical (unpaired) electrons. The lowest BCUT2D eigenvalue weighted by atomic mass is 10.2. The van der Waals surface area contributed by atoms with Crippen LogP contribution < -0.4 is 9.62 Å². The lowest BCUT2D eigenvalue weighted by Gasteiger charge is -2.25. The van der Waals surface area contributed by atoms with Gasteiger partial charge in [-0.05, 0) is 25.0 Å². The van der Waals surface area contributed by atoms with Gasteiger partial charge in [0.15, 0.2) is 0 Å². The number of carbonyl (C=O) groups excluding carboxylic acids is 1. The molecule has 6 nitrogen and oxygen atoms in total. The Bertz CT molecular complexity index is 574. The molecule has 0 spiro atoms. The molecule has 1 amide bonds. The molecule has 7 heteroatoms. The van der Waals surface area contributed by atoms with Crippen molar-refractivity contribution in [2.45, 2.75) is 18.9 Å². The number of hydrogen-bond acceptors (Lipinski definition) is 5. The molecule has 1 aliphatic heterocycles. The molecule has 1 unspecified atom stereocenters. The van der Waals surface area contributed by atoms with E-state index in [1.165, 1.54) is 7.11 Å². The van der Waals surface area contributed by atoms with Crippen molar-refractivity contribution in [1.82, 2.24) is 4.72 Å². The second-order valence-electron chi connectivity index (χ2n) is 4.96. The van der Waals surface area contributed by atoms with Gasteiger partial charge in [-0.2, -0.15) is 0 Å². The van der Waals surface area contributed by atoms with E-state index in [1.807, 2.05) is 35.2 Å². The highest BCUT2D eigenvalue weighted by Crippen LogP contribution is 2.25. The Hall–Kier alpha value is -1.60. The number of nitrogens with one attached hydrogen (secondary N) is 1. The Kier molecular flexibility index (Phi) is 5.19. The third kappa shape index (κ3) is 4.18. The Morgan fingerprint density at radius 1 is 1.38 bits per heavy atom. The summed E-state index contributed by atoms with van der Waals surface area (Å²) < 4.78 is 30.4. The summed E-state index contributed by atoms with van der Waals surface area (Å²) in [6, 6.07) is 9.11. The van der Waals surface area contributed by atoms with Crippen molar-refractivity contribution in [1.29, 1.82) is 0 Å². The number of benzene rings is 1. The van der Waals surface area contributed by atoms with Gasteiger partial charge in [-0.15, -0.1) is 0 Å². The van der Waals surface area contributed by atoms with Gasteiger partial charge in [0.05, 0.1) is 12.4 Å². The van der Waals surface area contributed by atoms with Gasteiger partial charge in [-0.1, -0.05) is 18.2 Å². The number of ether oxygens (including phenoxy) is 1. The molecule has 0 aliphatic carbocycles. The van der Waals surface area contributed by atoms with E-state index in [-0.39, 0.29) is 12.4 Å². The summed E-state index contributed by atoms with van der Waals surface area (Å²) in [5, 5.41) is 0. The van der Waals surface area contributed by atoms with E-state index < -0.39 is 22.0 Å². The summed E-state index contributed by atoms with van der Waals surface area (Å²) in [4.78, 5) is 14.2. The molecule has 116 valence electrons. The highest BCUT2D eigenvalue weighted by atomic mass is 32.2. The summed E-state index contributed by atoms with van der Waals surface area (Å²) >= 11 is 0. The number of nitrogens with zero attached hydrogens (tertiary/aromatic N) is 1. The van der Waals surface area contributed by atoms with Gasteiger partial charge >= 0.3 is 0 Å². The van der Waals surface area contributed by atoms with E-state index in [9.17, 15) is 13.2 Å². The average Bonchev–Trinajstić information content (AvgIpc) is 2.95. The van der Waals surface area contributed by atoms with Gasteiger partial charge in [0.1, 0.15) is 6.04 Å². The van der Waals surface area contributed by atoms with Crippen LogP contribution in [-0.2, 0) is 19.6 Å². The van der Waals surface area contributed by atoms with Crippen LogP contribution in [0.25, 0.3) is 0 Å².